The second kappa shape index (κ2) is 3.49. The summed E-state index contributed by atoms with van der Waals surface area (Å²) in [6.45, 7) is 2.11. The Balaban J connectivity index is 2.52. The minimum atomic E-state index is 0.816. The highest BCUT2D eigenvalue weighted by molar-refractivity contribution is 7.98. The van der Waals surface area contributed by atoms with E-state index in [2.05, 4.69) is 35.2 Å². The molecule has 0 aliphatic carbocycles. The van der Waals surface area contributed by atoms with Gasteiger partial charge in [-0.25, -0.2) is 9.50 Å². The van der Waals surface area contributed by atoms with E-state index in [0.29, 0.717) is 0 Å². The van der Waals surface area contributed by atoms with Crippen LogP contribution in [-0.4, -0.2) is 20.9 Å². The summed E-state index contributed by atoms with van der Waals surface area (Å²) < 4.78 is 1.91. The van der Waals surface area contributed by atoms with E-state index in [4.69, 9.17) is 0 Å². The molecule has 0 saturated heterocycles. The molecule has 0 saturated carbocycles. The van der Waals surface area contributed by atoms with Crippen LogP contribution in [0, 0.1) is 6.92 Å². The van der Waals surface area contributed by atoms with Gasteiger partial charge in [0.05, 0.1) is 5.52 Å². The monoisotopic (exact) mass is 229 g/mol. The van der Waals surface area contributed by atoms with Crippen LogP contribution < -0.4 is 0 Å². The molecule has 0 atom stereocenters. The Kier molecular flexibility index (Phi) is 2.11. The Morgan fingerprint density at radius 3 is 2.88 bits per heavy atom. The lowest BCUT2D eigenvalue weighted by atomic mass is 10.1. The van der Waals surface area contributed by atoms with Crippen LogP contribution in [0.2, 0.25) is 0 Å². The van der Waals surface area contributed by atoms with E-state index >= 15 is 0 Å². The Hall–Kier alpha value is -1.55. The van der Waals surface area contributed by atoms with Gasteiger partial charge in [-0.1, -0.05) is 30.0 Å². The van der Waals surface area contributed by atoms with Gasteiger partial charge in [-0.2, -0.15) is 0 Å². The molecule has 0 fully saturated rings. The summed E-state index contributed by atoms with van der Waals surface area (Å²) in [5, 5.41) is 6.51. The van der Waals surface area contributed by atoms with Gasteiger partial charge in [0.25, 0.3) is 0 Å². The summed E-state index contributed by atoms with van der Waals surface area (Å²) in [4.78, 5) is 4.46. The fourth-order valence-electron chi connectivity index (χ4n) is 1.92. The maximum Gasteiger partial charge on any atom is 0.209 e. The zero-order chi connectivity index (χ0) is 11.1. The van der Waals surface area contributed by atoms with E-state index in [-0.39, 0.29) is 0 Å². The Labute approximate surface area is 97.5 Å². The van der Waals surface area contributed by atoms with Crippen molar-refractivity contribution < 1.29 is 0 Å². The molecule has 4 heteroatoms. The van der Waals surface area contributed by atoms with E-state index in [1.807, 2.05) is 22.9 Å². The molecule has 0 amide bonds. The molecular weight excluding hydrogens is 218 g/mol. The molecule has 3 nitrogen and oxygen atoms in total. The van der Waals surface area contributed by atoms with Gasteiger partial charge < -0.3 is 0 Å². The quantitative estimate of drug-likeness (QED) is 0.601. The van der Waals surface area contributed by atoms with Crippen molar-refractivity contribution in [3.8, 4) is 0 Å². The summed E-state index contributed by atoms with van der Waals surface area (Å²) in [6, 6.07) is 10.4. The van der Waals surface area contributed by atoms with Crippen LogP contribution in [0.4, 0.5) is 0 Å². The van der Waals surface area contributed by atoms with Gasteiger partial charge in [0, 0.05) is 5.39 Å². The van der Waals surface area contributed by atoms with Crippen molar-refractivity contribution in [2.75, 3.05) is 6.26 Å². The van der Waals surface area contributed by atoms with Crippen molar-refractivity contribution in [1.29, 1.82) is 0 Å². The van der Waals surface area contributed by atoms with Crippen molar-refractivity contribution in [3.05, 3.63) is 35.9 Å². The van der Waals surface area contributed by atoms with Gasteiger partial charge in [0.1, 0.15) is 0 Å². The summed E-state index contributed by atoms with van der Waals surface area (Å²) in [6.07, 6.45) is 1.99. The number of rotatable bonds is 1. The zero-order valence-corrected chi connectivity index (χ0v) is 9.95. The first-order valence-corrected chi connectivity index (χ1v) is 6.31. The number of pyridine rings is 1. The van der Waals surface area contributed by atoms with Crippen LogP contribution >= 0.6 is 11.8 Å². The summed E-state index contributed by atoms with van der Waals surface area (Å²) in [5.41, 5.74) is 3.27. The zero-order valence-electron chi connectivity index (χ0n) is 9.14. The fourth-order valence-corrected chi connectivity index (χ4v) is 2.27. The molecule has 3 rings (SSSR count). The molecule has 2 heterocycles. The predicted molar refractivity (Wildman–Crippen MR) is 67.0 cm³/mol. The average molecular weight is 229 g/mol. The first-order valence-electron chi connectivity index (χ1n) is 5.09. The predicted octanol–water partition coefficient (Wildman–Crippen LogP) is 2.91. The number of para-hydroxylation sites is 1. The Bertz CT molecular complexity index is 672. The lowest BCUT2D eigenvalue weighted by Crippen LogP contribution is -1.92. The smallest absolute Gasteiger partial charge is 0.209 e. The van der Waals surface area contributed by atoms with Gasteiger partial charge in [0.15, 0.2) is 5.65 Å². The van der Waals surface area contributed by atoms with Gasteiger partial charge in [-0.05, 0) is 30.9 Å². The van der Waals surface area contributed by atoms with Gasteiger partial charge in [-0.3, -0.25) is 0 Å². The average Bonchev–Trinajstić information content (AvgIpc) is 2.72. The largest absolute Gasteiger partial charge is 0.212 e. The fraction of sp³-hybridized carbons (Fsp3) is 0.167. The highest BCUT2D eigenvalue weighted by Crippen LogP contribution is 2.21. The van der Waals surface area contributed by atoms with E-state index in [9.17, 15) is 0 Å². The van der Waals surface area contributed by atoms with Crippen LogP contribution in [0.5, 0.6) is 0 Å². The molecule has 80 valence electrons. The molecule has 16 heavy (non-hydrogen) atoms. The number of hydrogen-bond acceptors (Lipinski definition) is 3. The standard InChI is InChI=1S/C12H11N3S/c1-8-7-11-13-12(16-2)14-15(11)10-6-4-3-5-9(8)10/h3-7H,1-2H3. The number of benzene rings is 1. The van der Waals surface area contributed by atoms with Crippen LogP contribution in [0.3, 0.4) is 0 Å². The van der Waals surface area contributed by atoms with Crippen molar-refractivity contribution in [3.63, 3.8) is 0 Å². The first-order chi connectivity index (χ1) is 7.79. The van der Waals surface area contributed by atoms with Crippen molar-refractivity contribution in [2.45, 2.75) is 12.1 Å². The topological polar surface area (TPSA) is 30.2 Å². The Morgan fingerprint density at radius 1 is 1.25 bits per heavy atom. The molecule has 0 aliphatic rings. The maximum absolute atomic E-state index is 4.47. The van der Waals surface area contributed by atoms with Crippen molar-refractivity contribution >= 4 is 28.3 Å². The molecular formula is C12H11N3S. The number of nitrogens with zero attached hydrogens (tertiary/aromatic N) is 3. The molecule has 1 aromatic carbocycles. The van der Waals surface area contributed by atoms with E-state index in [0.717, 1.165) is 16.3 Å². The van der Waals surface area contributed by atoms with Crippen molar-refractivity contribution in [2.24, 2.45) is 0 Å². The molecule has 0 bridgehead atoms. The molecule has 0 radical (unpaired) electrons. The number of hydrogen-bond donors (Lipinski definition) is 0. The van der Waals surface area contributed by atoms with Crippen molar-refractivity contribution in [1.82, 2.24) is 14.6 Å². The maximum atomic E-state index is 4.47. The van der Waals surface area contributed by atoms with E-state index < -0.39 is 0 Å². The molecule has 0 unspecified atom stereocenters. The molecule has 0 spiro atoms. The third-order valence-electron chi connectivity index (χ3n) is 2.70. The number of thioether (sulfide) groups is 1. The number of aryl methyl sites for hydroxylation is 1. The molecule has 0 aliphatic heterocycles. The molecule has 2 aromatic heterocycles. The summed E-state index contributed by atoms with van der Waals surface area (Å²) >= 11 is 1.57. The number of aromatic nitrogens is 3. The summed E-state index contributed by atoms with van der Waals surface area (Å²) in [5.74, 6) is 0. The van der Waals surface area contributed by atoms with E-state index in [1.165, 1.54) is 10.9 Å². The highest BCUT2D eigenvalue weighted by Gasteiger charge is 2.07. The third-order valence-corrected chi connectivity index (χ3v) is 3.24. The second-order valence-electron chi connectivity index (χ2n) is 3.71. The molecule has 0 N–H and O–H groups in total. The lowest BCUT2D eigenvalue weighted by Gasteiger charge is -2.03. The van der Waals surface area contributed by atoms with Crippen LogP contribution in [0.25, 0.3) is 16.6 Å². The SMILES string of the molecule is CSc1nc2cc(C)c3ccccc3n2n1. The normalized spacial score (nSPS) is 11.4. The van der Waals surface area contributed by atoms with E-state index in [1.54, 1.807) is 11.8 Å². The summed E-state index contributed by atoms with van der Waals surface area (Å²) in [7, 11) is 0. The third kappa shape index (κ3) is 1.30. The van der Waals surface area contributed by atoms with Gasteiger partial charge >= 0.3 is 0 Å². The van der Waals surface area contributed by atoms with Crippen LogP contribution in [0.1, 0.15) is 5.56 Å². The second-order valence-corrected chi connectivity index (χ2v) is 4.49. The lowest BCUT2D eigenvalue weighted by molar-refractivity contribution is 0.915. The van der Waals surface area contributed by atoms with Crippen LogP contribution in [-0.2, 0) is 0 Å². The van der Waals surface area contributed by atoms with Gasteiger partial charge in [0.2, 0.25) is 5.16 Å². The highest BCUT2D eigenvalue weighted by atomic mass is 32.2. The molecule has 3 aromatic rings. The minimum absolute atomic E-state index is 0.816. The Morgan fingerprint density at radius 2 is 2.06 bits per heavy atom. The minimum Gasteiger partial charge on any atom is -0.212 e. The first kappa shape index (κ1) is 9.66. The van der Waals surface area contributed by atoms with Gasteiger partial charge in [-0.15, -0.1) is 5.10 Å². The van der Waals surface area contributed by atoms with Crippen LogP contribution in [0.15, 0.2) is 35.5 Å². The number of fused-ring (bicyclic) bond motifs is 3.